The van der Waals surface area contributed by atoms with E-state index < -0.39 is 0 Å². The first-order chi connectivity index (χ1) is 10.1. The first-order valence-electron chi connectivity index (χ1n) is 7.43. The van der Waals surface area contributed by atoms with Crippen LogP contribution < -0.4 is 5.32 Å². The molecule has 0 aromatic heterocycles. The van der Waals surface area contributed by atoms with E-state index in [0.29, 0.717) is 23.8 Å². The minimum atomic E-state index is 0.150. The maximum absolute atomic E-state index is 12.4. The van der Waals surface area contributed by atoms with Crippen LogP contribution in [0.4, 0.5) is 0 Å². The van der Waals surface area contributed by atoms with Crippen molar-refractivity contribution in [3.63, 3.8) is 0 Å². The SMILES string of the molecule is O=C1CCC2CN(C(=O)Cc3ccc(Cl)cc3)CCC2N1. The summed E-state index contributed by atoms with van der Waals surface area (Å²) in [6.45, 7) is 1.49. The van der Waals surface area contributed by atoms with Crippen molar-refractivity contribution in [2.24, 2.45) is 5.92 Å². The Morgan fingerprint density at radius 1 is 1.29 bits per heavy atom. The fourth-order valence-electron chi connectivity index (χ4n) is 3.23. The second-order valence-corrected chi connectivity index (χ2v) is 6.34. The molecule has 2 aliphatic rings. The molecule has 112 valence electrons. The van der Waals surface area contributed by atoms with Gasteiger partial charge in [-0.15, -0.1) is 0 Å². The van der Waals surface area contributed by atoms with E-state index in [1.54, 1.807) is 0 Å². The summed E-state index contributed by atoms with van der Waals surface area (Å²) >= 11 is 5.86. The number of hydrogen-bond acceptors (Lipinski definition) is 2. The Labute approximate surface area is 129 Å². The summed E-state index contributed by atoms with van der Waals surface area (Å²) in [6.07, 6.45) is 2.76. The highest BCUT2D eigenvalue weighted by Gasteiger charge is 2.35. The summed E-state index contributed by atoms with van der Waals surface area (Å²) in [5.41, 5.74) is 0.989. The molecule has 0 bridgehead atoms. The van der Waals surface area contributed by atoms with Crippen LogP contribution in [0.15, 0.2) is 24.3 Å². The number of benzene rings is 1. The highest BCUT2D eigenvalue weighted by molar-refractivity contribution is 6.30. The van der Waals surface area contributed by atoms with Crippen LogP contribution in [0.25, 0.3) is 0 Å². The molecule has 0 radical (unpaired) electrons. The van der Waals surface area contributed by atoms with Crippen LogP contribution in [0.1, 0.15) is 24.8 Å². The minimum Gasteiger partial charge on any atom is -0.353 e. The zero-order valence-corrected chi connectivity index (χ0v) is 12.6. The summed E-state index contributed by atoms with van der Waals surface area (Å²) in [6, 6.07) is 7.67. The smallest absolute Gasteiger partial charge is 0.227 e. The predicted molar refractivity (Wildman–Crippen MR) is 81.0 cm³/mol. The first kappa shape index (κ1) is 14.4. The Morgan fingerprint density at radius 2 is 2.05 bits per heavy atom. The molecule has 2 fully saturated rings. The van der Waals surface area contributed by atoms with Crippen LogP contribution in [0.5, 0.6) is 0 Å². The number of nitrogens with one attached hydrogen (secondary N) is 1. The number of amides is 2. The minimum absolute atomic E-state index is 0.150. The van der Waals surface area contributed by atoms with Crippen molar-refractivity contribution < 1.29 is 9.59 Å². The number of carbonyl (C=O) groups is 2. The Morgan fingerprint density at radius 3 is 2.81 bits per heavy atom. The number of likely N-dealkylation sites (tertiary alicyclic amines) is 1. The standard InChI is InChI=1S/C16H19ClN2O2/c17-13-4-1-11(2-5-13)9-16(21)19-8-7-14-12(10-19)3-6-15(20)18-14/h1-2,4-5,12,14H,3,6-10H2,(H,18,20). The number of fused-ring (bicyclic) bond motifs is 1. The maximum atomic E-state index is 12.4. The van der Waals surface area contributed by atoms with Crippen LogP contribution in [-0.2, 0) is 16.0 Å². The van der Waals surface area contributed by atoms with E-state index in [1.165, 1.54) is 0 Å². The molecule has 0 saturated carbocycles. The van der Waals surface area contributed by atoms with Crippen LogP contribution in [0.3, 0.4) is 0 Å². The molecule has 2 atom stereocenters. The van der Waals surface area contributed by atoms with Gasteiger partial charge in [0.05, 0.1) is 6.42 Å². The monoisotopic (exact) mass is 306 g/mol. The summed E-state index contributed by atoms with van der Waals surface area (Å²) in [7, 11) is 0. The average molecular weight is 307 g/mol. The maximum Gasteiger partial charge on any atom is 0.227 e. The molecule has 1 aromatic rings. The van der Waals surface area contributed by atoms with E-state index in [-0.39, 0.29) is 17.9 Å². The summed E-state index contributed by atoms with van der Waals surface area (Å²) < 4.78 is 0. The van der Waals surface area contributed by atoms with Crippen molar-refractivity contribution in [2.75, 3.05) is 13.1 Å². The Balaban J connectivity index is 1.58. The van der Waals surface area contributed by atoms with Crippen LogP contribution in [0.2, 0.25) is 5.02 Å². The number of hydrogen-bond donors (Lipinski definition) is 1. The molecule has 2 aliphatic heterocycles. The zero-order chi connectivity index (χ0) is 14.8. The van der Waals surface area contributed by atoms with Crippen molar-refractivity contribution in [3.8, 4) is 0 Å². The molecule has 2 unspecified atom stereocenters. The van der Waals surface area contributed by atoms with E-state index in [9.17, 15) is 9.59 Å². The average Bonchev–Trinajstić information content (AvgIpc) is 2.49. The Bertz CT molecular complexity index is 544. The number of piperidine rings is 2. The molecule has 21 heavy (non-hydrogen) atoms. The van der Waals surface area contributed by atoms with Gasteiger partial charge < -0.3 is 10.2 Å². The van der Waals surface area contributed by atoms with E-state index in [2.05, 4.69) is 5.32 Å². The molecule has 0 aliphatic carbocycles. The summed E-state index contributed by atoms with van der Waals surface area (Å²) in [5.74, 6) is 0.718. The van der Waals surface area contributed by atoms with Crippen molar-refractivity contribution in [1.82, 2.24) is 10.2 Å². The van der Waals surface area contributed by atoms with Gasteiger partial charge in [-0.1, -0.05) is 23.7 Å². The van der Waals surface area contributed by atoms with Gasteiger partial charge >= 0.3 is 0 Å². The molecule has 2 amide bonds. The third-order valence-electron chi connectivity index (χ3n) is 4.44. The van der Waals surface area contributed by atoms with Gasteiger partial charge in [-0.25, -0.2) is 0 Å². The lowest BCUT2D eigenvalue weighted by atomic mass is 9.85. The third-order valence-corrected chi connectivity index (χ3v) is 4.70. The first-order valence-corrected chi connectivity index (χ1v) is 7.81. The lowest BCUT2D eigenvalue weighted by Crippen LogP contribution is -2.55. The summed E-state index contributed by atoms with van der Waals surface area (Å²) in [4.78, 5) is 25.7. The van der Waals surface area contributed by atoms with Crippen molar-refractivity contribution in [3.05, 3.63) is 34.9 Å². The van der Waals surface area contributed by atoms with E-state index in [1.807, 2.05) is 29.2 Å². The van der Waals surface area contributed by atoms with Crippen LogP contribution in [-0.4, -0.2) is 35.8 Å². The lowest BCUT2D eigenvalue weighted by molar-refractivity contribution is -0.134. The highest BCUT2D eigenvalue weighted by Crippen LogP contribution is 2.25. The third kappa shape index (κ3) is 3.38. The van der Waals surface area contributed by atoms with Gasteiger partial charge in [0, 0.05) is 30.6 Å². The molecule has 4 nitrogen and oxygen atoms in total. The normalized spacial score (nSPS) is 25.2. The number of halogens is 1. The van der Waals surface area contributed by atoms with Crippen molar-refractivity contribution in [1.29, 1.82) is 0 Å². The fraction of sp³-hybridized carbons (Fsp3) is 0.500. The van der Waals surface area contributed by atoms with Crippen molar-refractivity contribution in [2.45, 2.75) is 31.7 Å². The number of rotatable bonds is 2. The molecular formula is C16H19ClN2O2. The van der Waals surface area contributed by atoms with Crippen LogP contribution >= 0.6 is 11.6 Å². The van der Waals surface area contributed by atoms with Gasteiger partial charge in [0.15, 0.2) is 0 Å². The van der Waals surface area contributed by atoms with Crippen molar-refractivity contribution >= 4 is 23.4 Å². The fourth-order valence-corrected chi connectivity index (χ4v) is 3.35. The van der Waals surface area contributed by atoms with Gasteiger partial charge in [-0.3, -0.25) is 9.59 Å². The molecular weight excluding hydrogens is 288 g/mol. The van der Waals surface area contributed by atoms with Gasteiger partial charge in [0.25, 0.3) is 0 Å². The van der Waals surface area contributed by atoms with E-state index in [4.69, 9.17) is 11.6 Å². The van der Waals surface area contributed by atoms with Gasteiger partial charge in [0.1, 0.15) is 0 Å². The quantitative estimate of drug-likeness (QED) is 0.908. The largest absolute Gasteiger partial charge is 0.353 e. The summed E-state index contributed by atoms with van der Waals surface area (Å²) in [5, 5.41) is 3.73. The Hall–Kier alpha value is -1.55. The number of nitrogens with zero attached hydrogens (tertiary/aromatic N) is 1. The zero-order valence-electron chi connectivity index (χ0n) is 11.8. The lowest BCUT2D eigenvalue weighted by Gasteiger charge is -2.41. The molecule has 3 rings (SSSR count). The highest BCUT2D eigenvalue weighted by atomic mass is 35.5. The molecule has 2 heterocycles. The van der Waals surface area contributed by atoms with Gasteiger partial charge in [0.2, 0.25) is 11.8 Å². The number of carbonyl (C=O) groups excluding carboxylic acids is 2. The topological polar surface area (TPSA) is 49.4 Å². The molecule has 0 spiro atoms. The molecule has 2 saturated heterocycles. The van der Waals surface area contributed by atoms with Gasteiger partial charge in [-0.05, 0) is 36.5 Å². The molecule has 1 aromatic carbocycles. The molecule has 5 heteroatoms. The van der Waals surface area contributed by atoms with Gasteiger partial charge in [-0.2, -0.15) is 0 Å². The van der Waals surface area contributed by atoms with E-state index in [0.717, 1.165) is 31.5 Å². The molecule has 1 N–H and O–H groups in total. The second-order valence-electron chi connectivity index (χ2n) is 5.90. The predicted octanol–water partition coefficient (Wildman–Crippen LogP) is 2.01. The Kier molecular flexibility index (Phi) is 4.15. The van der Waals surface area contributed by atoms with Crippen LogP contribution in [0, 0.1) is 5.92 Å². The second kappa shape index (κ2) is 6.06. The van der Waals surface area contributed by atoms with E-state index >= 15 is 0 Å².